The van der Waals surface area contributed by atoms with Gasteiger partial charge in [0.05, 0.1) is 12.2 Å². The molecule has 0 aromatic heterocycles. The van der Waals surface area contributed by atoms with E-state index in [4.69, 9.17) is 0 Å². The quantitative estimate of drug-likeness (QED) is 0.860. The van der Waals surface area contributed by atoms with E-state index in [1.54, 1.807) is 13.0 Å². The molecule has 3 unspecified atom stereocenters. The summed E-state index contributed by atoms with van der Waals surface area (Å²) in [6.45, 7) is 3.36. The van der Waals surface area contributed by atoms with Gasteiger partial charge in [-0.3, -0.25) is 0 Å². The maximum atomic E-state index is 13.3. The van der Waals surface area contributed by atoms with Crippen molar-refractivity contribution < 1.29 is 14.6 Å². The molecule has 1 aliphatic carbocycles. The van der Waals surface area contributed by atoms with Crippen LogP contribution in [0.4, 0.5) is 10.1 Å². The molecule has 1 heterocycles. The SMILES string of the molecule is C[C@H](O)c1cc(F)ccc1N1CC2CCC(O)C2C1. The molecule has 104 valence electrons. The second kappa shape index (κ2) is 4.76. The van der Waals surface area contributed by atoms with Crippen molar-refractivity contribution in [2.75, 3.05) is 18.0 Å². The summed E-state index contributed by atoms with van der Waals surface area (Å²) in [5, 5.41) is 19.8. The van der Waals surface area contributed by atoms with E-state index >= 15 is 0 Å². The number of fused-ring (bicyclic) bond motifs is 1. The van der Waals surface area contributed by atoms with Gasteiger partial charge in [0.25, 0.3) is 0 Å². The van der Waals surface area contributed by atoms with E-state index < -0.39 is 6.10 Å². The van der Waals surface area contributed by atoms with Gasteiger partial charge in [0.2, 0.25) is 0 Å². The number of rotatable bonds is 2. The molecule has 2 fully saturated rings. The summed E-state index contributed by atoms with van der Waals surface area (Å²) < 4.78 is 13.3. The highest BCUT2D eigenvalue weighted by molar-refractivity contribution is 5.56. The van der Waals surface area contributed by atoms with Crippen molar-refractivity contribution in [3.8, 4) is 0 Å². The molecule has 2 aliphatic rings. The van der Waals surface area contributed by atoms with Crippen LogP contribution in [0.25, 0.3) is 0 Å². The lowest BCUT2D eigenvalue weighted by atomic mass is 10.00. The van der Waals surface area contributed by atoms with Crippen molar-refractivity contribution in [1.82, 2.24) is 0 Å². The van der Waals surface area contributed by atoms with Crippen LogP contribution in [0.15, 0.2) is 18.2 Å². The molecule has 19 heavy (non-hydrogen) atoms. The molecule has 4 atom stereocenters. The number of hydrogen-bond donors (Lipinski definition) is 2. The van der Waals surface area contributed by atoms with E-state index in [9.17, 15) is 14.6 Å². The van der Waals surface area contributed by atoms with Gasteiger partial charge in [0.1, 0.15) is 5.82 Å². The van der Waals surface area contributed by atoms with Crippen LogP contribution in [0.1, 0.15) is 31.4 Å². The number of anilines is 1. The minimum absolute atomic E-state index is 0.203. The summed E-state index contributed by atoms with van der Waals surface area (Å²) in [6, 6.07) is 4.58. The number of aliphatic hydroxyl groups excluding tert-OH is 2. The Morgan fingerprint density at radius 3 is 2.79 bits per heavy atom. The van der Waals surface area contributed by atoms with Crippen LogP contribution in [0.5, 0.6) is 0 Å². The molecule has 0 radical (unpaired) electrons. The molecule has 1 aromatic rings. The lowest BCUT2D eigenvalue weighted by molar-refractivity contribution is 0.133. The Morgan fingerprint density at radius 2 is 2.11 bits per heavy atom. The first-order valence-corrected chi connectivity index (χ1v) is 6.97. The van der Waals surface area contributed by atoms with E-state index in [-0.39, 0.29) is 11.9 Å². The Kier molecular flexibility index (Phi) is 3.23. The zero-order valence-corrected chi connectivity index (χ0v) is 11.1. The number of benzene rings is 1. The van der Waals surface area contributed by atoms with Crippen LogP contribution >= 0.6 is 0 Å². The minimum atomic E-state index is -0.684. The Balaban J connectivity index is 1.88. The third kappa shape index (κ3) is 2.23. The van der Waals surface area contributed by atoms with Gasteiger partial charge in [-0.1, -0.05) is 0 Å². The summed E-state index contributed by atoms with van der Waals surface area (Å²) in [7, 11) is 0. The zero-order valence-electron chi connectivity index (χ0n) is 11.1. The lowest BCUT2D eigenvalue weighted by Gasteiger charge is -2.24. The van der Waals surface area contributed by atoms with Crippen LogP contribution in [0.3, 0.4) is 0 Å². The van der Waals surface area contributed by atoms with Gasteiger partial charge in [0, 0.05) is 30.3 Å². The van der Waals surface area contributed by atoms with Gasteiger partial charge in [-0.25, -0.2) is 4.39 Å². The van der Waals surface area contributed by atoms with Crippen LogP contribution in [-0.2, 0) is 0 Å². The summed E-state index contributed by atoms with van der Waals surface area (Å²) in [5.41, 5.74) is 1.53. The van der Waals surface area contributed by atoms with Crippen molar-refractivity contribution in [2.45, 2.75) is 32.0 Å². The second-order valence-corrected chi connectivity index (χ2v) is 5.85. The fraction of sp³-hybridized carbons (Fsp3) is 0.600. The average Bonchev–Trinajstić information content (AvgIpc) is 2.92. The Morgan fingerprint density at radius 1 is 1.32 bits per heavy atom. The molecule has 1 saturated carbocycles. The van der Waals surface area contributed by atoms with Crippen molar-refractivity contribution >= 4 is 5.69 Å². The maximum Gasteiger partial charge on any atom is 0.123 e. The molecule has 1 aromatic carbocycles. The first-order chi connectivity index (χ1) is 9.06. The third-order valence-corrected chi connectivity index (χ3v) is 4.60. The van der Waals surface area contributed by atoms with Crippen LogP contribution in [0.2, 0.25) is 0 Å². The zero-order chi connectivity index (χ0) is 13.6. The minimum Gasteiger partial charge on any atom is -0.393 e. The Labute approximate surface area is 112 Å². The number of aliphatic hydroxyl groups is 2. The van der Waals surface area contributed by atoms with Crippen LogP contribution in [-0.4, -0.2) is 29.4 Å². The fourth-order valence-corrected chi connectivity index (χ4v) is 3.58. The third-order valence-electron chi connectivity index (χ3n) is 4.60. The highest BCUT2D eigenvalue weighted by Crippen LogP contribution is 2.41. The van der Waals surface area contributed by atoms with Gasteiger partial charge >= 0.3 is 0 Å². The van der Waals surface area contributed by atoms with Gasteiger partial charge in [-0.15, -0.1) is 0 Å². The van der Waals surface area contributed by atoms with Gasteiger partial charge in [-0.2, -0.15) is 0 Å². The smallest absolute Gasteiger partial charge is 0.123 e. The maximum absolute atomic E-state index is 13.3. The average molecular weight is 265 g/mol. The molecule has 3 rings (SSSR count). The molecule has 3 nitrogen and oxygen atoms in total. The summed E-state index contributed by atoms with van der Waals surface area (Å²) >= 11 is 0. The van der Waals surface area contributed by atoms with E-state index in [1.165, 1.54) is 12.1 Å². The molecule has 4 heteroatoms. The number of hydrogen-bond acceptors (Lipinski definition) is 3. The Bertz CT molecular complexity index is 477. The predicted octanol–water partition coefficient (Wildman–Crippen LogP) is 2.09. The van der Waals surface area contributed by atoms with E-state index in [2.05, 4.69) is 4.90 Å². The van der Waals surface area contributed by atoms with Gasteiger partial charge < -0.3 is 15.1 Å². The second-order valence-electron chi connectivity index (χ2n) is 5.85. The van der Waals surface area contributed by atoms with Crippen molar-refractivity contribution in [1.29, 1.82) is 0 Å². The lowest BCUT2D eigenvalue weighted by Crippen LogP contribution is -2.25. The molecule has 0 amide bonds. The summed E-state index contributed by atoms with van der Waals surface area (Å²) in [6.07, 6.45) is 1.07. The van der Waals surface area contributed by atoms with Gasteiger partial charge in [-0.05, 0) is 43.9 Å². The molecule has 1 saturated heterocycles. The standard InChI is InChI=1S/C15H20FNO2/c1-9(18)12-6-11(16)3-4-14(12)17-7-10-2-5-15(19)13(10)8-17/h3-4,6,9-10,13,15,18-19H,2,5,7-8H2,1H3/t9-,10?,13?,15?/m0/s1. The molecule has 2 N–H and O–H groups in total. The number of nitrogens with zero attached hydrogens (tertiary/aromatic N) is 1. The monoisotopic (exact) mass is 265 g/mol. The van der Waals surface area contributed by atoms with E-state index in [1.807, 2.05) is 0 Å². The summed E-state index contributed by atoms with van der Waals surface area (Å²) in [5.74, 6) is 0.535. The summed E-state index contributed by atoms with van der Waals surface area (Å²) in [4.78, 5) is 2.18. The first-order valence-electron chi connectivity index (χ1n) is 6.97. The van der Waals surface area contributed by atoms with E-state index in [0.717, 1.165) is 31.6 Å². The predicted molar refractivity (Wildman–Crippen MR) is 71.5 cm³/mol. The topological polar surface area (TPSA) is 43.7 Å². The number of halogens is 1. The molecule has 0 bridgehead atoms. The van der Waals surface area contributed by atoms with E-state index in [0.29, 0.717) is 17.4 Å². The van der Waals surface area contributed by atoms with Crippen molar-refractivity contribution in [2.24, 2.45) is 11.8 Å². The molecule has 1 aliphatic heterocycles. The first kappa shape index (κ1) is 12.9. The fourth-order valence-electron chi connectivity index (χ4n) is 3.58. The van der Waals surface area contributed by atoms with Gasteiger partial charge in [0.15, 0.2) is 0 Å². The van der Waals surface area contributed by atoms with Crippen LogP contribution in [0, 0.1) is 17.7 Å². The normalized spacial score (nSPS) is 31.6. The van der Waals surface area contributed by atoms with Crippen LogP contribution < -0.4 is 4.90 Å². The highest BCUT2D eigenvalue weighted by Gasteiger charge is 2.42. The highest BCUT2D eigenvalue weighted by atomic mass is 19.1. The molecular weight excluding hydrogens is 245 g/mol. The Hall–Kier alpha value is -1.13. The van der Waals surface area contributed by atoms with Crippen molar-refractivity contribution in [3.05, 3.63) is 29.6 Å². The molecule has 0 spiro atoms. The van der Waals surface area contributed by atoms with Crippen molar-refractivity contribution in [3.63, 3.8) is 0 Å². The largest absolute Gasteiger partial charge is 0.393 e. The molecular formula is C15H20FNO2.